The highest BCUT2D eigenvalue weighted by Gasteiger charge is 2.13. The first-order chi connectivity index (χ1) is 20.2. The number of nitrogens with one attached hydrogen (secondary N) is 2. The second-order valence-corrected chi connectivity index (χ2v) is 10.3. The third kappa shape index (κ3) is 8.86. The topological polar surface area (TPSA) is 123 Å². The van der Waals surface area contributed by atoms with Gasteiger partial charge in [0.2, 0.25) is 5.89 Å². The molecule has 1 heterocycles. The first-order valence-electron chi connectivity index (χ1n) is 14.0. The number of anilines is 2. The van der Waals surface area contributed by atoms with Gasteiger partial charge in [-0.3, -0.25) is 4.79 Å². The number of aromatic nitrogens is 1. The third-order valence-corrected chi connectivity index (χ3v) is 6.52. The summed E-state index contributed by atoms with van der Waals surface area (Å²) in [7, 11) is 0. The lowest BCUT2D eigenvalue weighted by molar-refractivity contribution is -0.136. The fraction of sp³-hybridized carbons (Fsp3) is 0.303. The van der Waals surface area contributed by atoms with E-state index in [1.807, 2.05) is 55.5 Å². The van der Waals surface area contributed by atoms with Crippen LogP contribution in [0.25, 0.3) is 11.5 Å². The Labute approximate surface area is 245 Å². The van der Waals surface area contributed by atoms with Gasteiger partial charge in [-0.1, -0.05) is 23.8 Å². The molecule has 0 atom stereocenters. The van der Waals surface area contributed by atoms with Crippen molar-refractivity contribution in [3.05, 3.63) is 94.9 Å². The maximum Gasteiger partial charge on any atom is 0.407 e. The average molecular weight is 572 g/mol. The van der Waals surface area contributed by atoms with Gasteiger partial charge >= 0.3 is 12.1 Å². The molecule has 4 rings (SSSR count). The van der Waals surface area contributed by atoms with Crippen LogP contribution in [-0.4, -0.2) is 34.9 Å². The molecular formula is C33H37N3O6. The number of carboxylic acids is 1. The number of carbonyl (C=O) groups excluding carboxylic acids is 1. The van der Waals surface area contributed by atoms with Crippen molar-refractivity contribution in [3.8, 4) is 17.2 Å². The zero-order valence-electron chi connectivity index (χ0n) is 24.4. The van der Waals surface area contributed by atoms with Gasteiger partial charge in [0.05, 0.1) is 18.4 Å². The second-order valence-electron chi connectivity index (χ2n) is 10.3. The van der Waals surface area contributed by atoms with Crippen LogP contribution in [0.5, 0.6) is 5.75 Å². The number of carboxylic acid groups (broad SMARTS) is 1. The van der Waals surface area contributed by atoms with Crippen molar-refractivity contribution >= 4 is 23.4 Å². The van der Waals surface area contributed by atoms with Crippen LogP contribution in [0.3, 0.4) is 0 Å². The lowest BCUT2D eigenvalue weighted by Gasteiger charge is -2.14. The molecule has 0 bridgehead atoms. The third-order valence-electron chi connectivity index (χ3n) is 6.52. The number of amides is 1. The van der Waals surface area contributed by atoms with E-state index in [1.165, 1.54) is 5.56 Å². The summed E-state index contributed by atoms with van der Waals surface area (Å²) in [6.07, 6.45) is 0.0958. The molecule has 4 aromatic rings. The number of aryl methyl sites for hydroxylation is 3. The molecule has 0 aliphatic heterocycles. The SMILES string of the molecule is Cc1ccc(Nc2ccc(-c3nc(CCOc4ccc(CCC(=O)O)c(CNC(=O)OC(C)C)c4)c(C)o3)cc2)cc1. The van der Waals surface area contributed by atoms with E-state index in [9.17, 15) is 9.59 Å². The predicted octanol–water partition coefficient (Wildman–Crippen LogP) is 6.98. The number of hydrogen-bond donors (Lipinski definition) is 3. The highest BCUT2D eigenvalue weighted by Crippen LogP contribution is 2.26. The van der Waals surface area contributed by atoms with Gasteiger partial charge in [-0.2, -0.15) is 0 Å². The number of alkyl carbamates (subject to hydrolysis) is 1. The smallest absolute Gasteiger partial charge is 0.407 e. The van der Waals surface area contributed by atoms with Crippen LogP contribution < -0.4 is 15.4 Å². The number of benzene rings is 3. The molecule has 0 aliphatic carbocycles. The summed E-state index contributed by atoms with van der Waals surface area (Å²) in [5, 5.41) is 15.2. The quantitative estimate of drug-likeness (QED) is 0.157. The van der Waals surface area contributed by atoms with E-state index in [2.05, 4.69) is 29.7 Å². The van der Waals surface area contributed by atoms with Gasteiger partial charge in [0.1, 0.15) is 11.5 Å². The summed E-state index contributed by atoms with van der Waals surface area (Å²) in [4.78, 5) is 27.8. The molecule has 42 heavy (non-hydrogen) atoms. The van der Waals surface area contributed by atoms with Crippen molar-refractivity contribution in [2.75, 3.05) is 11.9 Å². The minimum Gasteiger partial charge on any atom is -0.493 e. The van der Waals surface area contributed by atoms with Crippen LogP contribution in [0.4, 0.5) is 16.2 Å². The molecule has 1 aromatic heterocycles. The molecule has 0 saturated carbocycles. The van der Waals surface area contributed by atoms with E-state index < -0.39 is 12.1 Å². The van der Waals surface area contributed by atoms with Gasteiger partial charge in [0, 0.05) is 36.3 Å². The maximum absolute atomic E-state index is 12.0. The molecule has 0 saturated heterocycles. The Morgan fingerprint density at radius 3 is 2.29 bits per heavy atom. The Bertz CT molecular complexity index is 1490. The van der Waals surface area contributed by atoms with Gasteiger partial charge in [-0.15, -0.1) is 0 Å². The van der Waals surface area contributed by atoms with Crippen molar-refractivity contribution in [2.24, 2.45) is 0 Å². The number of aliphatic carboxylic acids is 1. The summed E-state index contributed by atoms with van der Waals surface area (Å²) in [5.74, 6) is 1.01. The number of oxazole rings is 1. The summed E-state index contributed by atoms with van der Waals surface area (Å²) in [6, 6.07) is 21.6. The van der Waals surface area contributed by atoms with Crippen molar-refractivity contribution in [3.63, 3.8) is 0 Å². The molecular weight excluding hydrogens is 534 g/mol. The molecule has 0 unspecified atom stereocenters. The van der Waals surface area contributed by atoms with Crippen molar-refractivity contribution < 1.29 is 28.6 Å². The Balaban J connectivity index is 1.36. The molecule has 1 amide bonds. The lowest BCUT2D eigenvalue weighted by Crippen LogP contribution is -2.26. The predicted molar refractivity (Wildman–Crippen MR) is 161 cm³/mol. The number of rotatable bonds is 13. The molecule has 9 heteroatoms. The highest BCUT2D eigenvalue weighted by molar-refractivity contribution is 5.68. The number of carbonyl (C=O) groups is 2. The Morgan fingerprint density at radius 2 is 1.62 bits per heavy atom. The lowest BCUT2D eigenvalue weighted by atomic mass is 10.0. The fourth-order valence-corrected chi connectivity index (χ4v) is 4.31. The van der Waals surface area contributed by atoms with Crippen LogP contribution in [0.1, 0.15) is 48.4 Å². The van der Waals surface area contributed by atoms with Crippen LogP contribution >= 0.6 is 0 Å². The maximum atomic E-state index is 12.0. The van der Waals surface area contributed by atoms with Gasteiger partial charge in [0.25, 0.3) is 0 Å². The van der Waals surface area contributed by atoms with Crippen molar-refractivity contribution in [1.82, 2.24) is 10.3 Å². The zero-order chi connectivity index (χ0) is 30.1. The molecule has 3 N–H and O–H groups in total. The van der Waals surface area contributed by atoms with Crippen molar-refractivity contribution in [1.29, 1.82) is 0 Å². The molecule has 220 valence electrons. The molecule has 0 spiro atoms. The Hall–Kier alpha value is -4.79. The monoisotopic (exact) mass is 571 g/mol. The largest absolute Gasteiger partial charge is 0.493 e. The van der Waals surface area contributed by atoms with E-state index in [0.717, 1.165) is 39.5 Å². The standard InChI is InChI=1S/C33H37N3O6/c1-21(2)41-33(39)34-20-26-19-29(15-9-24(26)10-16-31(37)38)40-18-17-30-23(4)42-32(36-30)25-7-13-28(14-8-25)35-27-11-5-22(3)6-12-27/h5-9,11-15,19,21,35H,10,16-18,20H2,1-4H3,(H,34,39)(H,37,38). The van der Waals surface area contributed by atoms with Gasteiger partial charge in [0.15, 0.2) is 0 Å². The van der Waals surface area contributed by atoms with E-state index >= 15 is 0 Å². The minimum absolute atomic E-state index is 0.0105. The van der Waals surface area contributed by atoms with Crippen molar-refractivity contribution in [2.45, 2.75) is 59.6 Å². The van der Waals surface area contributed by atoms with Crippen LogP contribution in [-0.2, 0) is 28.9 Å². The summed E-state index contributed by atoms with van der Waals surface area (Å²) >= 11 is 0. The van der Waals surface area contributed by atoms with Gasteiger partial charge < -0.3 is 29.6 Å². The van der Waals surface area contributed by atoms with Gasteiger partial charge in [-0.25, -0.2) is 9.78 Å². The first-order valence-corrected chi connectivity index (χ1v) is 14.0. The molecule has 9 nitrogen and oxygen atoms in total. The van der Waals surface area contributed by atoms with Crippen LogP contribution in [0, 0.1) is 13.8 Å². The summed E-state index contributed by atoms with van der Waals surface area (Å²) in [5.41, 5.74) is 6.49. The van der Waals surface area contributed by atoms with E-state index in [-0.39, 0.29) is 19.1 Å². The highest BCUT2D eigenvalue weighted by atomic mass is 16.6. The second kappa shape index (κ2) is 14.2. The average Bonchev–Trinajstić information content (AvgIpc) is 3.32. The Kier molecular flexibility index (Phi) is 10.2. The van der Waals surface area contributed by atoms with Crippen LogP contribution in [0.2, 0.25) is 0 Å². The first kappa shape index (κ1) is 30.2. The molecule has 0 radical (unpaired) electrons. The fourth-order valence-electron chi connectivity index (χ4n) is 4.31. The molecule has 0 aliphatic rings. The summed E-state index contributed by atoms with van der Waals surface area (Å²) < 4.78 is 17.1. The minimum atomic E-state index is -0.884. The normalized spacial score (nSPS) is 10.9. The number of nitrogens with zero attached hydrogens (tertiary/aromatic N) is 1. The van der Waals surface area contributed by atoms with E-state index in [4.69, 9.17) is 24.0 Å². The Morgan fingerprint density at radius 1 is 0.929 bits per heavy atom. The molecule has 0 fully saturated rings. The van der Waals surface area contributed by atoms with E-state index in [1.54, 1.807) is 19.9 Å². The van der Waals surface area contributed by atoms with Gasteiger partial charge in [-0.05, 0) is 93.8 Å². The number of ether oxygens (including phenoxy) is 2. The van der Waals surface area contributed by atoms with Crippen LogP contribution in [0.15, 0.2) is 71.1 Å². The zero-order valence-corrected chi connectivity index (χ0v) is 24.4. The molecule has 3 aromatic carbocycles. The summed E-state index contributed by atoms with van der Waals surface area (Å²) in [6.45, 7) is 8.05. The number of hydrogen-bond acceptors (Lipinski definition) is 7. The van der Waals surface area contributed by atoms with E-state index in [0.29, 0.717) is 31.1 Å².